The smallest absolute Gasteiger partial charge is 0.309 e. The van der Waals surface area contributed by atoms with Crippen LogP contribution in [0.25, 0.3) is 111 Å². The normalized spacial score (nSPS) is 12.8. The van der Waals surface area contributed by atoms with E-state index in [2.05, 4.69) is 0 Å². The molecule has 0 unspecified atom stereocenters. The van der Waals surface area contributed by atoms with Gasteiger partial charge in [0.05, 0.1) is 55.6 Å². The molecule has 2 aromatic heterocycles. The number of aryl methyl sites for hydroxylation is 5. The van der Waals surface area contributed by atoms with Crippen LogP contribution in [0.2, 0.25) is 0 Å². The third-order valence-electron chi connectivity index (χ3n) is 15.8. The maximum absolute atomic E-state index is 15.8. The van der Waals surface area contributed by atoms with Crippen molar-refractivity contribution in [1.29, 1.82) is 0 Å². The van der Waals surface area contributed by atoms with Crippen LogP contribution in [0.15, 0.2) is 182 Å². The van der Waals surface area contributed by atoms with Gasteiger partial charge in [0, 0.05) is 27.2 Å². The van der Waals surface area contributed by atoms with E-state index < -0.39 is 64.4 Å². The lowest BCUT2D eigenvalue weighted by Crippen LogP contribution is -2.11. The standard InChI is InChI=1S/C70H45F15N2/c1-36-18-47(26-51(22-36)66(71,72)73)43-8-13-55-56-14-9-44(48-19-37(2)23-52(27-48)67(74,75)76)32-62(56)86(61(55)31-43)60-30-41(7-6-40(60)5)42-12-17-59(70(83,84)85)65(35-42)87-63-33-45(49-20-38(3)24-53(28-49)68(77,78)79)10-15-57(63)58-16-11-46(34-64(58)87)50-21-39(4)25-54(29-50)69(80,81)82/h6-35H,1-5H3. The maximum Gasteiger partial charge on any atom is 0.418 e. The number of aromatic nitrogens is 2. The summed E-state index contributed by atoms with van der Waals surface area (Å²) < 4.78 is 222. The minimum atomic E-state index is -5.06. The molecule has 0 atom stereocenters. The van der Waals surface area contributed by atoms with E-state index in [0.29, 0.717) is 71.6 Å². The minimum Gasteiger partial charge on any atom is -0.309 e. The first-order valence-corrected chi connectivity index (χ1v) is 27.0. The monoisotopic (exact) mass is 1200 g/mol. The Morgan fingerprint density at radius 1 is 0.230 bits per heavy atom. The molecule has 0 radical (unpaired) electrons. The summed E-state index contributed by atoms with van der Waals surface area (Å²) in [6, 6.07) is 42.0. The van der Waals surface area contributed by atoms with Crippen LogP contribution in [0.5, 0.6) is 0 Å². The predicted octanol–water partition coefficient (Wildman–Crippen LogP) is 22.9. The van der Waals surface area contributed by atoms with Gasteiger partial charge in [0.15, 0.2) is 0 Å². The second kappa shape index (κ2) is 20.4. The van der Waals surface area contributed by atoms with Crippen molar-refractivity contribution in [3.63, 3.8) is 0 Å². The molecule has 87 heavy (non-hydrogen) atoms. The van der Waals surface area contributed by atoms with Crippen molar-refractivity contribution in [2.24, 2.45) is 0 Å². The lowest BCUT2D eigenvalue weighted by atomic mass is 9.98. The molecular weight excluding hydrogens is 1150 g/mol. The zero-order chi connectivity index (χ0) is 62.2. The summed E-state index contributed by atoms with van der Waals surface area (Å²) in [6.07, 6.45) is -23.9. The van der Waals surface area contributed by atoms with Gasteiger partial charge < -0.3 is 9.13 Å². The van der Waals surface area contributed by atoms with Crippen LogP contribution >= 0.6 is 0 Å². The van der Waals surface area contributed by atoms with E-state index in [1.165, 1.54) is 68.7 Å². The Morgan fingerprint density at radius 3 is 0.770 bits per heavy atom. The van der Waals surface area contributed by atoms with Crippen molar-refractivity contribution >= 4 is 43.6 Å². The number of hydrogen-bond donors (Lipinski definition) is 0. The Morgan fingerprint density at radius 2 is 0.483 bits per heavy atom. The number of nitrogens with zero attached hydrogens (tertiary/aromatic N) is 2. The topological polar surface area (TPSA) is 9.86 Å². The van der Waals surface area contributed by atoms with Gasteiger partial charge in [-0.05, 0) is 209 Å². The lowest BCUT2D eigenvalue weighted by molar-refractivity contribution is -0.138. The summed E-state index contributed by atoms with van der Waals surface area (Å²) in [4.78, 5) is 0. The van der Waals surface area contributed by atoms with Gasteiger partial charge >= 0.3 is 30.9 Å². The quantitative estimate of drug-likeness (QED) is 0.141. The van der Waals surface area contributed by atoms with Gasteiger partial charge in [0.25, 0.3) is 0 Å². The first kappa shape index (κ1) is 58.1. The highest BCUT2D eigenvalue weighted by atomic mass is 19.4. The molecule has 12 aromatic rings. The second-order valence-electron chi connectivity index (χ2n) is 22.2. The Kier molecular flexibility index (Phi) is 13.7. The van der Waals surface area contributed by atoms with E-state index in [9.17, 15) is 52.7 Å². The molecule has 0 saturated carbocycles. The summed E-state index contributed by atoms with van der Waals surface area (Å²) in [6.45, 7) is 7.78. The van der Waals surface area contributed by atoms with Crippen LogP contribution in [0.4, 0.5) is 65.9 Å². The number of hydrogen-bond acceptors (Lipinski definition) is 0. The molecule has 0 N–H and O–H groups in total. The molecular formula is C70H45F15N2. The van der Waals surface area contributed by atoms with Crippen LogP contribution in [0, 0.1) is 34.6 Å². The van der Waals surface area contributed by atoms with Gasteiger partial charge in [-0.1, -0.05) is 91.0 Å². The fourth-order valence-electron chi connectivity index (χ4n) is 11.9. The predicted molar refractivity (Wildman–Crippen MR) is 311 cm³/mol. The third-order valence-corrected chi connectivity index (χ3v) is 15.8. The van der Waals surface area contributed by atoms with Gasteiger partial charge in [-0.3, -0.25) is 0 Å². The molecule has 0 saturated heterocycles. The molecule has 0 amide bonds. The van der Waals surface area contributed by atoms with Gasteiger partial charge in [-0.15, -0.1) is 0 Å². The number of fused-ring (bicyclic) bond motifs is 6. The van der Waals surface area contributed by atoms with E-state index in [0.717, 1.165) is 54.6 Å². The van der Waals surface area contributed by atoms with E-state index in [1.54, 1.807) is 97.9 Å². The SMILES string of the molecule is Cc1cc(-c2ccc3c4ccc(-c5cc(C)cc(C(F)(F)F)c5)cc4n(-c4cc(-c5ccc(C(F)(F)F)c(-n6c7cc(-c8cc(C)cc(C(F)(F)F)c8)ccc7c7ccc(-c8cc(C)cc(C(F)(F)F)c8)cc76)c5)ccc4C)c3c2)cc(C(F)(F)F)c1. The van der Waals surface area contributed by atoms with E-state index in [-0.39, 0.29) is 61.1 Å². The summed E-state index contributed by atoms with van der Waals surface area (Å²) >= 11 is 0. The van der Waals surface area contributed by atoms with E-state index >= 15 is 13.2 Å². The average molecular weight is 1200 g/mol. The highest BCUT2D eigenvalue weighted by Crippen LogP contribution is 2.46. The molecule has 0 aliphatic rings. The highest BCUT2D eigenvalue weighted by Gasteiger charge is 2.37. The van der Waals surface area contributed by atoms with Crippen LogP contribution in [-0.2, 0) is 30.9 Å². The highest BCUT2D eigenvalue weighted by molar-refractivity contribution is 6.13. The average Bonchev–Trinajstić information content (AvgIpc) is 1.64. The number of halogens is 15. The van der Waals surface area contributed by atoms with Gasteiger partial charge in [-0.25, -0.2) is 0 Å². The van der Waals surface area contributed by atoms with Crippen molar-refractivity contribution in [3.8, 4) is 67.0 Å². The second-order valence-corrected chi connectivity index (χ2v) is 22.2. The molecule has 0 bridgehead atoms. The molecule has 12 rings (SSSR count). The van der Waals surface area contributed by atoms with Crippen molar-refractivity contribution in [3.05, 3.63) is 238 Å². The Bertz CT molecular complexity index is 4550. The Balaban J connectivity index is 1.11. The van der Waals surface area contributed by atoms with Crippen molar-refractivity contribution < 1.29 is 65.9 Å². The maximum atomic E-state index is 15.8. The molecule has 2 heterocycles. The third kappa shape index (κ3) is 10.9. The first-order chi connectivity index (χ1) is 40.8. The molecule has 10 aromatic carbocycles. The van der Waals surface area contributed by atoms with Crippen molar-refractivity contribution in [2.75, 3.05) is 0 Å². The largest absolute Gasteiger partial charge is 0.418 e. The molecule has 0 fully saturated rings. The summed E-state index contributed by atoms with van der Waals surface area (Å²) in [7, 11) is 0. The minimum absolute atomic E-state index is 0.109. The zero-order valence-electron chi connectivity index (χ0n) is 46.4. The molecule has 2 nitrogen and oxygen atoms in total. The molecule has 0 aliphatic carbocycles. The molecule has 0 spiro atoms. The van der Waals surface area contributed by atoms with Crippen LogP contribution in [0.1, 0.15) is 55.6 Å². The van der Waals surface area contributed by atoms with E-state index in [4.69, 9.17) is 0 Å². The van der Waals surface area contributed by atoms with Gasteiger partial charge in [-0.2, -0.15) is 65.9 Å². The van der Waals surface area contributed by atoms with Crippen LogP contribution < -0.4 is 0 Å². The Hall–Kier alpha value is -9.25. The van der Waals surface area contributed by atoms with Crippen LogP contribution in [-0.4, -0.2) is 9.13 Å². The number of alkyl halides is 15. The fourth-order valence-corrected chi connectivity index (χ4v) is 11.9. The summed E-state index contributed by atoms with van der Waals surface area (Å²) in [5.41, 5.74) is 0.566. The lowest BCUT2D eigenvalue weighted by Gasteiger charge is -2.19. The number of rotatable bonds is 7. The summed E-state index contributed by atoms with van der Waals surface area (Å²) in [5.74, 6) is 0. The zero-order valence-corrected chi connectivity index (χ0v) is 46.4. The fraction of sp³-hybridized carbons (Fsp3) is 0.143. The van der Waals surface area contributed by atoms with E-state index in [1.807, 2.05) is 4.57 Å². The van der Waals surface area contributed by atoms with Crippen molar-refractivity contribution in [2.45, 2.75) is 65.5 Å². The van der Waals surface area contributed by atoms with Crippen molar-refractivity contribution in [1.82, 2.24) is 9.13 Å². The molecule has 440 valence electrons. The Labute approximate surface area is 487 Å². The molecule has 0 aliphatic heterocycles. The van der Waals surface area contributed by atoms with Gasteiger partial charge in [0.2, 0.25) is 0 Å². The van der Waals surface area contributed by atoms with Gasteiger partial charge in [0.1, 0.15) is 0 Å². The molecule has 17 heteroatoms. The summed E-state index contributed by atoms with van der Waals surface area (Å²) in [5, 5.41) is 1.95. The van der Waals surface area contributed by atoms with Crippen LogP contribution in [0.3, 0.4) is 0 Å². The number of benzene rings is 10. The first-order valence-electron chi connectivity index (χ1n) is 27.0.